The molecule has 2 aromatic rings. The van der Waals surface area contributed by atoms with Crippen LogP contribution in [-0.4, -0.2) is 18.5 Å². The third-order valence-electron chi connectivity index (χ3n) is 3.65. The molecular formula is C18H14BrFO5. The number of esters is 1. The monoisotopic (exact) mass is 408 g/mol. The molecule has 0 radical (unpaired) electrons. The van der Waals surface area contributed by atoms with Crippen LogP contribution in [0.4, 0.5) is 4.39 Å². The molecule has 0 spiro atoms. The van der Waals surface area contributed by atoms with Gasteiger partial charge in [-0.15, -0.1) is 0 Å². The molecule has 0 bridgehead atoms. The number of hydrogen-bond acceptors (Lipinski definition) is 5. The second kappa shape index (κ2) is 7.65. The SMILES string of the molecule is O=C(CCC(=O)c1ccc(F)cc1)OCc1cc2c(cc1Br)OCO2. The van der Waals surface area contributed by atoms with E-state index in [1.165, 1.54) is 24.3 Å². The number of carbonyl (C=O) groups excluding carboxylic acids is 2. The summed E-state index contributed by atoms with van der Waals surface area (Å²) in [6, 6.07) is 8.71. The maximum atomic E-state index is 12.8. The molecule has 25 heavy (non-hydrogen) atoms. The number of fused-ring (bicyclic) bond motifs is 1. The predicted molar refractivity (Wildman–Crippen MR) is 90.0 cm³/mol. The zero-order valence-corrected chi connectivity index (χ0v) is 14.7. The molecular weight excluding hydrogens is 395 g/mol. The van der Waals surface area contributed by atoms with Crippen LogP contribution in [0.1, 0.15) is 28.8 Å². The molecule has 0 N–H and O–H groups in total. The van der Waals surface area contributed by atoms with Crippen molar-refractivity contribution in [3.05, 3.63) is 57.8 Å². The first-order chi connectivity index (χ1) is 12.0. The number of benzene rings is 2. The van der Waals surface area contributed by atoms with Gasteiger partial charge < -0.3 is 14.2 Å². The van der Waals surface area contributed by atoms with Gasteiger partial charge in [0.1, 0.15) is 12.4 Å². The Labute approximate surface area is 151 Å². The van der Waals surface area contributed by atoms with Crippen LogP contribution in [0.2, 0.25) is 0 Å². The quantitative estimate of drug-likeness (QED) is 0.533. The fourth-order valence-corrected chi connectivity index (χ4v) is 2.73. The molecule has 1 aliphatic heterocycles. The third-order valence-corrected chi connectivity index (χ3v) is 4.39. The van der Waals surface area contributed by atoms with Crippen molar-refractivity contribution in [3.63, 3.8) is 0 Å². The zero-order chi connectivity index (χ0) is 17.8. The first kappa shape index (κ1) is 17.4. The van der Waals surface area contributed by atoms with Crippen LogP contribution in [0.5, 0.6) is 11.5 Å². The van der Waals surface area contributed by atoms with Crippen molar-refractivity contribution in [3.8, 4) is 11.5 Å². The van der Waals surface area contributed by atoms with Crippen molar-refractivity contribution in [2.75, 3.05) is 6.79 Å². The normalized spacial score (nSPS) is 12.1. The maximum Gasteiger partial charge on any atom is 0.306 e. The third kappa shape index (κ3) is 4.36. The van der Waals surface area contributed by atoms with Crippen LogP contribution in [-0.2, 0) is 16.1 Å². The van der Waals surface area contributed by atoms with Gasteiger partial charge in [-0.3, -0.25) is 9.59 Å². The molecule has 1 aliphatic rings. The second-order valence-electron chi connectivity index (χ2n) is 5.39. The van der Waals surface area contributed by atoms with E-state index in [-0.39, 0.29) is 32.0 Å². The number of ketones is 1. The van der Waals surface area contributed by atoms with Gasteiger partial charge in [0, 0.05) is 22.0 Å². The molecule has 0 aromatic heterocycles. The molecule has 3 rings (SSSR count). The first-order valence-electron chi connectivity index (χ1n) is 7.55. The highest BCUT2D eigenvalue weighted by atomic mass is 79.9. The Morgan fingerprint density at radius 2 is 1.76 bits per heavy atom. The second-order valence-corrected chi connectivity index (χ2v) is 6.24. The summed E-state index contributed by atoms with van der Waals surface area (Å²) in [5.41, 5.74) is 1.11. The largest absolute Gasteiger partial charge is 0.461 e. The summed E-state index contributed by atoms with van der Waals surface area (Å²) < 4.78 is 29.3. The van der Waals surface area contributed by atoms with Gasteiger partial charge in [0.2, 0.25) is 6.79 Å². The van der Waals surface area contributed by atoms with Gasteiger partial charge >= 0.3 is 5.97 Å². The van der Waals surface area contributed by atoms with Crippen molar-refractivity contribution < 1.29 is 28.2 Å². The van der Waals surface area contributed by atoms with E-state index in [0.29, 0.717) is 17.1 Å². The van der Waals surface area contributed by atoms with Gasteiger partial charge in [-0.05, 0) is 36.4 Å². The van der Waals surface area contributed by atoms with Crippen molar-refractivity contribution in [2.24, 2.45) is 0 Å². The van der Waals surface area contributed by atoms with E-state index in [9.17, 15) is 14.0 Å². The smallest absolute Gasteiger partial charge is 0.306 e. The number of ether oxygens (including phenoxy) is 3. The number of carbonyl (C=O) groups is 2. The van der Waals surface area contributed by atoms with Crippen LogP contribution in [0.15, 0.2) is 40.9 Å². The van der Waals surface area contributed by atoms with E-state index >= 15 is 0 Å². The van der Waals surface area contributed by atoms with Gasteiger partial charge in [0.05, 0.1) is 6.42 Å². The summed E-state index contributed by atoms with van der Waals surface area (Å²) in [5, 5.41) is 0. The minimum Gasteiger partial charge on any atom is -0.461 e. The molecule has 0 amide bonds. The molecule has 0 saturated carbocycles. The topological polar surface area (TPSA) is 61.8 Å². The fraction of sp³-hybridized carbons (Fsp3) is 0.222. The molecule has 130 valence electrons. The Morgan fingerprint density at radius 3 is 2.48 bits per heavy atom. The van der Waals surface area contributed by atoms with Gasteiger partial charge in [-0.2, -0.15) is 0 Å². The standard InChI is InChI=1S/C18H14BrFO5/c19-14-8-17-16(24-10-25-17)7-12(14)9-23-18(22)6-5-15(21)11-1-3-13(20)4-2-11/h1-4,7-8H,5-6,9-10H2. The van der Waals surface area contributed by atoms with Gasteiger partial charge in [0.15, 0.2) is 17.3 Å². The van der Waals surface area contributed by atoms with Crippen LogP contribution >= 0.6 is 15.9 Å². The highest BCUT2D eigenvalue weighted by Gasteiger charge is 2.17. The van der Waals surface area contributed by atoms with Crippen LogP contribution in [0.25, 0.3) is 0 Å². The van der Waals surface area contributed by atoms with E-state index in [1.54, 1.807) is 12.1 Å². The lowest BCUT2D eigenvalue weighted by Gasteiger charge is -2.08. The number of rotatable bonds is 6. The lowest BCUT2D eigenvalue weighted by molar-refractivity contribution is -0.144. The minimum absolute atomic E-state index is 0.00672. The van der Waals surface area contributed by atoms with Crippen LogP contribution < -0.4 is 9.47 Å². The lowest BCUT2D eigenvalue weighted by atomic mass is 10.1. The summed E-state index contributed by atoms with van der Waals surface area (Å²) in [7, 11) is 0. The highest BCUT2D eigenvalue weighted by molar-refractivity contribution is 9.10. The van der Waals surface area contributed by atoms with Crippen molar-refractivity contribution in [1.82, 2.24) is 0 Å². The molecule has 0 aliphatic carbocycles. The van der Waals surface area contributed by atoms with Gasteiger partial charge in [-0.1, -0.05) is 15.9 Å². The molecule has 5 nitrogen and oxygen atoms in total. The Morgan fingerprint density at radius 1 is 1.08 bits per heavy atom. The van der Waals surface area contributed by atoms with Crippen LogP contribution in [0, 0.1) is 5.82 Å². The Kier molecular flexibility index (Phi) is 5.33. The summed E-state index contributed by atoms with van der Waals surface area (Å²) in [6.07, 6.45) is -0.0366. The summed E-state index contributed by atoms with van der Waals surface area (Å²) in [4.78, 5) is 23.8. The van der Waals surface area contributed by atoms with Crippen molar-refractivity contribution >= 4 is 27.7 Å². The van der Waals surface area contributed by atoms with E-state index in [1.807, 2.05) is 0 Å². The summed E-state index contributed by atoms with van der Waals surface area (Å²) >= 11 is 3.39. The lowest BCUT2D eigenvalue weighted by Crippen LogP contribution is -2.08. The molecule has 0 saturated heterocycles. The van der Waals surface area contributed by atoms with Crippen LogP contribution in [0.3, 0.4) is 0 Å². The van der Waals surface area contributed by atoms with Gasteiger partial charge in [-0.25, -0.2) is 4.39 Å². The summed E-state index contributed by atoms with van der Waals surface area (Å²) in [6.45, 7) is 0.220. The fourth-order valence-electron chi connectivity index (χ4n) is 2.30. The van der Waals surface area contributed by atoms with E-state index in [2.05, 4.69) is 15.9 Å². The van der Waals surface area contributed by atoms with Crippen molar-refractivity contribution in [1.29, 1.82) is 0 Å². The summed E-state index contributed by atoms with van der Waals surface area (Å²) in [5.74, 6) is 0.0964. The Hall–Kier alpha value is -2.41. The minimum atomic E-state index is -0.486. The van der Waals surface area contributed by atoms with E-state index in [0.717, 1.165) is 10.0 Å². The predicted octanol–water partition coefficient (Wildman–Crippen LogP) is 4.02. The van der Waals surface area contributed by atoms with Crippen molar-refractivity contribution in [2.45, 2.75) is 19.4 Å². The molecule has 2 aromatic carbocycles. The molecule has 1 heterocycles. The molecule has 7 heteroatoms. The highest BCUT2D eigenvalue weighted by Crippen LogP contribution is 2.37. The van der Waals surface area contributed by atoms with E-state index in [4.69, 9.17) is 14.2 Å². The number of Topliss-reactive ketones (excluding diaryl/α,β-unsaturated/α-hetero) is 1. The Bertz CT molecular complexity index is 804. The Balaban J connectivity index is 1.50. The average molecular weight is 409 g/mol. The number of halogens is 2. The maximum absolute atomic E-state index is 12.8. The average Bonchev–Trinajstić information content (AvgIpc) is 3.05. The molecule has 0 atom stereocenters. The van der Waals surface area contributed by atoms with E-state index < -0.39 is 11.8 Å². The van der Waals surface area contributed by atoms with Gasteiger partial charge in [0.25, 0.3) is 0 Å². The first-order valence-corrected chi connectivity index (χ1v) is 8.34. The number of hydrogen-bond donors (Lipinski definition) is 0. The molecule has 0 fully saturated rings. The molecule has 0 unspecified atom stereocenters. The zero-order valence-electron chi connectivity index (χ0n) is 13.1.